The predicted molar refractivity (Wildman–Crippen MR) is 77.7 cm³/mol. The summed E-state index contributed by atoms with van der Waals surface area (Å²) in [5.41, 5.74) is 0.883. The van der Waals surface area contributed by atoms with Gasteiger partial charge >= 0.3 is 0 Å². The molecule has 0 aromatic heterocycles. The SMILES string of the molecule is CC(C)S(=O)(=O)Nc1ccc(Cl)cc1C#CCCO. The minimum absolute atomic E-state index is 0.0411. The second kappa shape index (κ2) is 6.80. The fourth-order valence-electron chi connectivity index (χ4n) is 1.19. The number of anilines is 1. The van der Waals surface area contributed by atoms with E-state index in [1.54, 1.807) is 32.0 Å². The van der Waals surface area contributed by atoms with Crippen molar-refractivity contribution < 1.29 is 13.5 Å². The summed E-state index contributed by atoms with van der Waals surface area (Å²) in [5.74, 6) is 5.54. The van der Waals surface area contributed by atoms with Crippen LogP contribution < -0.4 is 4.72 Å². The highest BCUT2D eigenvalue weighted by Crippen LogP contribution is 2.21. The van der Waals surface area contributed by atoms with E-state index in [0.717, 1.165) is 0 Å². The Morgan fingerprint density at radius 3 is 2.68 bits per heavy atom. The van der Waals surface area contributed by atoms with Gasteiger partial charge in [0.2, 0.25) is 10.0 Å². The first-order valence-electron chi connectivity index (χ1n) is 5.77. The van der Waals surface area contributed by atoms with E-state index < -0.39 is 15.3 Å². The highest BCUT2D eigenvalue weighted by molar-refractivity contribution is 7.93. The minimum Gasteiger partial charge on any atom is -0.395 e. The highest BCUT2D eigenvalue weighted by Gasteiger charge is 2.16. The summed E-state index contributed by atoms with van der Waals surface area (Å²) in [4.78, 5) is 0. The van der Waals surface area contributed by atoms with Gasteiger partial charge in [0, 0.05) is 11.4 Å². The molecule has 104 valence electrons. The topological polar surface area (TPSA) is 66.4 Å². The molecule has 0 heterocycles. The molecule has 0 saturated carbocycles. The van der Waals surface area contributed by atoms with Crippen molar-refractivity contribution >= 4 is 27.3 Å². The molecule has 1 aromatic rings. The second-order valence-corrected chi connectivity index (χ2v) is 6.83. The molecule has 1 rings (SSSR count). The van der Waals surface area contributed by atoms with Gasteiger partial charge in [0.25, 0.3) is 0 Å². The molecule has 0 aliphatic heterocycles. The van der Waals surface area contributed by atoms with E-state index in [1.807, 2.05) is 0 Å². The van der Waals surface area contributed by atoms with Gasteiger partial charge in [-0.1, -0.05) is 23.4 Å². The minimum atomic E-state index is -3.43. The van der Waals surface area contributed by atoms with E-state index in [-0.39, 0.29) is 6.61 Å². The Bertz CT molecular complexity index is 600. The third-order valence-corrected chi connectivity index (χ3v) is 4.30. The average molecular weight is 302 g/mol. The van der Waals surface area contributed by atoms with Crippen molar-refractivity contribution in [3.63, 3.8) is 0 Å². The molecule has 0 atom stereocenters. The van der Waals surface area contributed by atoms with Crippen LogP contribution in [0.1, 0.15) is 25.8 Å². The number of hydrogen-bond donors (Lipinski definition) is 2. The monoisotopic (exact) mass is 301 g/mol. The van der Waals surface area contributed by atoms with Crippen LogP contribution in [0.5, 0.6) is 0 Å². The van der Waals surface area contributed by atoms with Crippen molar-refractivity contribution in [2.45, 2.75) is 25.5 Å². The van der Waals surface area contributed by atoms with E-state index in [4.69, 9.17) is 16.7 Å². The Hall–Kier alpha value is -1.22. The maximum Gasteiger partial charge on any atom is 0.235 e. The highest BCUT2D eigenvalue weighted by atomic mass is 35.5. The first-order chi connectivity index (χ1) is 8.86. The van der Waals surface area contributed by atoms with Crippen molar-refractivity contribution in [1.82, 2.24) is 0 Å². The molecule has 0 saturated heterocycles. The summed E-state index contributed by atoms with van der Waals surface area (Å²) in [5, 5.41) is 8.62. The van der Waals surface area contributed by atoms with Crippen LogP contribution in [0.4, 0.5) is 5.69 Å². The van der Waals surface area contributed by atoms with Gasteiger partial charge in [0.1, 0.15) is 0 Å². The lowest BCUT2D eigenvalue weighted by atomic mass is 10.2. The molecule has 0 aliphatic carbocycles. The van der Waals surface area contributed by atoms with Gasteiger partial charge in [0.15, 0.2) is 0 Å². The molecule has 0 bridgehead atoms. The van der Waals surface area contributed by atoms with E-state index in [2.05, 4.69) is 16.6 Å². The number of benzene rings is 1. The molecule has 19 heavy (non-hydrogen) atoms. The Morgan fingerprint density at radius 1 is 1.42 bits per heavy atom. The van der Waals surface area contributed by atoms with Crippen molar-refractivity contribution in [3.05, 3.63) is 28.8 Å². The number of aliphatic hydroxyl groups is 1. The summed E-state index contributed by atoms with van der Waals surface area (Å²) in [6.45, 7) is 3.14. The maximum absolute atomic E-state index is 11.8. The van der Waals surface area contributed by atoms with Crippen molar-refractivity contribution in [1.29, 1.82) is 0 Å². The van der Waals surface area contributed by atoms with Gasteiger partial charge in [-0.25, -0.2) is 8.42 Å². The summed E-state index contributed by atoms with van der Waals surface area (Å²) < 4.78 is 26.2. The van der Waals surface area contributed by atoms with Gasteiger partial charge in [-0.15, -0.1) is 0 Å². The molecular weight excluding hydrogens is 286 g/mol. The van der Waals surface area contributed by atoms with Crippen LogP contribution in [-0.4, -0.2) is 25.4 Å². The fourth-order valence-corrected chi connectivity index (χ4v) is 2.09. The number of aliphatic hydroxyl groups excluding tert-OH is 1. The third-order valence-electron chi connectivity index (χ3n) is 2.31. The molecule has 6 heteroatoms. The average Bonchev–Trinajstić information content (AvgIpc) is 2.32. The molecule has 0 spiro atoms. The number of sulfonamides is 1. The fraction of sp³-hybridized carbons (Fsp3) is 0.385. The van der Waals surface area contributed by atoms with Crippen molar-refractivity contribution in [3.8, 4) is 11.8 Å². The zero-order chi connectivity index (χ0) is 14.5. The lowest BCUT2D eigenvalue weighted by Crippen LogP contribution is -2.22. The van der Waals surface area contributed by atoms with Crippen molar-refractivity contribution in [2.24, 2.45) is 0 Å². The first kappa shape index (κ1) is 15.8. The first-order valence-corrected chi connectivity index (χ1v) is 7.70. The Balaban J connectivity index is 3.12. The van der Waals surface area contributed by atoms with E-state index >= 15 is 0 Å². The summed E-state index contributed by atoms with van der Waals surface area (Å²) in [6, 6.07) is 4.76. The molecule has 0 fully saturated rings. The molecule has 0 unspecified atom stereocenters. The van der Waals surface area contributed by atoms with Crippen LogP contribution in [0.15, 0.2) is 18.2 Å². The summed E-state index contributed by atoms with van der Waals surface area (Å²) >= 11 is 5.87. The van der Waals surface area contributed by atoms with Gasteiger partial charge in [-0.3, -0.25) is 4.72 Å². The number of rotatable bonds is 4. The van der Waals surface area contributed by atoms with Crippen LogP contribution in [0.3, 0.4) is 0 Å². The second-order valence-electron chi connectivity index (χ2n) is 4.16. The van der Waals surface area contributed by atoms with Gasteiger partial charge in [-0.2, -0.15) is 0 Å². The predicted octanol–water partition coefficient (Wildman–Crippen LogP) is 2.22. The molecular formula is C13H16ClNO3S. The van der Waals surface area contributed by atoms with Crippen molar-refractivity contribution in [2.75, 3.05) is 11.3 Å². The Kier molecular flexibility index (Phi) is 5.67. The Morgan fingerprint density at radius 2 is 2.11 bits per heavy atom. The third kappa shape index (κ3) is 4.75. The van der Waals surface area contributed by atoms with E-state index in [9.17, 15) is 8.42 Å². The van der Waals surface area contributed by atoms with Gasteiger partial charge in [0.05, 0.1) is 23.1 Å². The van der Waals surface area contributed by atoms with Crippen LogP contribution in [-0.2, 0) is 10.0 Å². The molecule has 4 nitrogen and oxygen atoms in total. The quantitative estimate of drug-likeness (QED) is 0.838. The zero-order valence-corrected chi connectivity index (χ0v) is 12.3. The maximum atomic E-state index is 11.8. The number of nitrogens with one attached hydrogen (secondary N) is 1. The lowest BCUT2D eigenvalue weighted by molar-refractivity contribution is 0.305. The van der Waals surface area contributed by atoms with Crippen LogP contribution >= 0.6 is 11.6 Å². The van der Waals surface area contributed by atoms with Gasteiger partial charge in [-0.05, 0) is 32.0 Å². The van der Waals surface area contributed by atoms with Gasteiger partial charge < -0.3 is 5.11 Å². The number of hydrogen-bond acceptors (Lipinski definition) is 3. The van der Waals surface area contributed by atoms with Crippen LogP contribution in [0.25, 0.3) is 0 Å². The normalized spacial score (nSPS) is 11.0. The summed E-state index contributed by atoms with van der Waals surface area (Å²) in [7, 11) is -3.43. The molecule has 0 radical (unpaired) electrons. The standard InChI is InChI=1S/C13H16ClNO3S/c1-10(2)19(17,18)15-13-7-6-12(14)9-11(13)5-3-4-8-16/h6-7,9-10,15-16H,4,8H2,1-2H3. The molecule has 0 amide bonds. The number of halogens is 1. The zero-order valence-electron chi connectivity index (χ0n) is 10.8. The van der Waals surface area contributed by atoms with Crippen LogP contribution in [0.2, 0.25) is 5.02 Å². The smallest absolute Gasteiger partial charge is 0.235 e. The molecule has 0 aliphatic rings. The Labute approximate surface area is 118 Å². The summed E-state index contributed by atoms with van der Waals surface area (Å²) in [6.07, 6.45) is 0.322. The van der Waals surface area contributed by atoms with E-state index in [0.29, 0.717) is 22.7 Å². The lowest BCUT2D eigenvalue weighted by Gasteiger charge is -2.12. The largest absolute Gasteiger partial charge is 0.395 e. The molecule has 1 aromatic carbocycles. The van der Waals surface area contributed by atoms with E-state index in [1.165, 1.54) is 0 Å². The van der Waals surface area contributed by atoms with Crippen LogP contribution in [0, 0.1) is 11.8 Å². The molecule has 2 N–H and O–H groups in total.